The highest BCUT2D eigenvalue weighted by atomic mass is 32.2. The molecule has 0 amide bonds. The van der Waals surface area contributed by atoms with Gasteiger partial charge in [0.15, 0.2) is 16.0 Å². The lowest BCUT2D eigenvalue weighted by Gasteiger charge is -2.21. The smallest absolute Gasteiger partial charge is 0.235 e. The van der Waals surface area contributed by atoms with Gasteiger partial charge in [-0.05, 0) is 29.8 Å². The van der Waals surface area contributed by atoms with E-state index in [1.165, 1.54) is 0 Å². The van der Waals surface area contributed by atoms with Gasteiger partial charge in [-0.1, -0.05) is 12.1 Å². The highest BCUT2D eigenvalue weighted by molar-refractivity contribution is 7.90. The Labute approximate surface area is 156 Å². The van der Waals surface area contributed by atoms with Crippen molar-refractivity contribution in [1.82, 2.24) is 14.8 Å². The minimum absolute atomic E-state index is 0.275. The third-order valence-electron chi connectivity index (χ3n) is 3.89. The molecule has 28 heavy (non-hydrogen) atoms. The molecule has 1 atom stereocenters. The molecule has 0 aliphatic heterocycles. The van der Waals surface area contributed by atoms with Crippen molar-refractivity contribution in [2.24, 2.45) is 0 Å². The Balaban J connectivity index is 2.03. The van der Waals surface area contributed by atoms with Crippen molar-refractivity contribution in [1.29, 1.82) is 0 Å². The van der Waals surface area contributed by atoms with Crippen LogP contribution in [0.5, 0.6) is 0 Å². The fourth-order valence-corrected chi connectivity index (χ4v) is 3.26. The summed E-state index contributed by atoms with van der Waals surface area (Å²) >= 11 is 0. The van der Waals surface area contributed by atoms with Crippen LogP contribution in [0.15, 0.2) is 53.7 Å². The second-order valence-electron chi connectivity index (χ2n) is 5.92. The molecule has 3 rings (SSSR count). The molecule has 0 radical (unpaired) electrons. The molecule has 0 aliphatic rings. The van der Waals surface area contributed by atoms with E-state index in [1.54, 1.807) is 0 Å². The lowest BCUT2D eigenvalue weighted by atomic mass is 10.0. The summed E-state index contributed by atoms with van der Waals surface area (Å²) in [6.07, 6.45) is -1.37. The van der Waals surface area contributed by atoms with E-state index in [4.69, 9.17) is 0 Å². The predicted octanol–water partition coefficient (Wildman–Crippen LogP) is 3.75. The Hall–Kier alpha value is -2.82. The molecule has 1 unspecified atom stereocenters. The topological polar surface area (TPSA) is 64.8 Å². The number of benzene rings is 2. The van der Waals surface area contributed by atoms with Crippen molar-refractivity contribution >= 4 is 9.84 Å². The van der Waals surface area contributed by atoms with E-state index >= 15 is 0 Å². The normalized spacial score (nSPS) is 13.5. The highest BCUT2D eigenvalue weighted by Gasteiger charge is 2.47. The van der Waals surface area contributed by atoms with Gasteiger partial charge in [0.25, 0.3) is 0 Å². The van der Waals surface area contributed by atoms with Gasteiger partial charge < -0.3 is 0 Å². The molecule has 0 bridgehead atoms. The molecule has 0 fully saturated rings. The first-order valence-electron chi connectivity index (χ1n) is 7.69. The number of hydrogen-bond acceptors (Lipinski definition) is 4. The van der Waals surface area contributed by atoms with Gasteiger partial charge in [-0.2, -0.15) is 13.9 Å². The fourth-order valence-electron chi connectivity index (χ4n) is 2.53. The van der Waals surface area contributed by atoms with Crippen LogP contribution in [-0.2, 0) is 15.8 Å². The molecule has 0 saturated heterocycles. The monoisotopic (exact) mass is 417 g/mol. The van der Waals surface area contributed by atoms with Crippen LogP contribution in [0.1, 0.15) is 17.6 Å². The number of rotatable bonds is 5. The Morgan fingerprint density at radius 1 is 1.07 bits per heavy atom. The number of sulfone groups is 1. The summed E-state index contributed by atoms with van der Waals surface area (Å²) in [7, 11) is -3.87. The van der Waals surface area contributed by atoms with Crippen LogP contribution in [0.3, 0.4) is 0 Å². The van der Waals surface area contributed by atoms with Gasteiger partial charge in [-0.15, -0.1) is 0 Å². The molecule has 1 aromatic heterocycles. The summed E-state index contributed by atoms with van der Waals surface area (Å²) in [6.45, 7) is 0. The molecule has 148 valence electrons. The van der Waals surface area contributed by atoms with Crippen LogP contribution < -0.4 is 0 Å². The van der Waals surface area contributed by atoms with Crippen LogP contribution in [0.25, 0.3) is 5.69 Å². The molecule has 2 aromatic carbocycles. The van der Waals surface area contributed by atoms with Crippen LogP contribution in [0.4, 0.5) is 22.0 Å². The van der Waals surface area contributed by atoms with Crippen LogP contribution in [0, 0.1) is 11.6 Å². The van der Waals surface area contributed by atoms with Gasteiger partial charge in [0.2, 0.25) is 5.82 Å². The van der Waals surface area contributed by atoms with E-state index in [9.17, 15) is 30.4 Å². The summed E-state index contributed by atoms with van der Waals surface area (Å²) in [6, 6.07) is 6.01. The largest absolute Gasteiger partial charge is 0.341 e. The van der Waals surface area contributed by atoms with Gasteiger partial charge in [0, 0.05) is 12.3 Å². The Morgan fingerprint density at radius 3 is 2.29 bits per heavy atom. The Morgan fingerprint density at radius 2 is 1.71 bits per heavy atom. The van der Waals surface area contributed by atoms with E-state index in [0.29, 0.717) is 10.7 Å². The maximum absolute atomic E-state index is 14.7. The number of alkyl halides is 3. The molecule has 11 heteroatoms. The molecule has 1 heterocycles. The van der Waals surface area contributed by atoms with Crippen molar-refractivity contribution in [3.05, 3.63) is 71.8 Å². The maximum Gasteiger partial charge on any atom is 0.341 e. The molecule has 5 nitrogen and oxygen atoms in total. The first-order valence-corrected chi connectivity index (χ1v) is 9.59. The molecule has 0 spiro atoms. The van der Waals surface area contributed by atoms with Crippen molar-refractivity contribution in [2.75, 3.05) is 6.26 Å². The Kier molecular flexibility index (Phi) is 4.96. The van der Waals surface area contributed by atoms with Crippen molar-refractivity contribution in [3.8, 4) is 5.69 Å². The third kappa shape index (κ3) is 3.61. The second-order valence-corrected chi connectivity index (χ2v) is 7.90. The lowest BCUT2D eigenvalue weighted by molar-refractivity contribution is -0.0898. The highest BCUT2D eigenvalue weighted by Crippen LogP contribution is 2.42. The van der Waals surface area contributed by atoms with Gasteiger partial charge >= 0.3 is 5.92 Å². The summed E-state index contributed by atoms with van der Waals surface area (Å²) in [4.78, 5) is 2.75. The number of nitrogens with zero attached hydrogens (tertiary/aromatic N) is 3. The summed E-state index contributed by atoms with van der Waals surface area (Å²) in [5.74, 6) is -7.22. The fraction of sp³-hybridized carbons (Fsp3) is 0.176. The number of aromatic nitrogens is 3. The summed E-state index contributed by atoms with van der Waals surface area (Å²) in [5.41, 5.74) is -0.761. The Bertz CT molecular complexity index is 1110. The minimum Gasteiger partial charge on any atom is -0.235 e. The number of halogens is 5. The van der Waals surface area contributed by atoms with Crippen molar-refractivity contribution in [3.63, 3.8) is 0 Å². The molecule has 0 aliphatic carbocycles. The molecule has 0 N–H and O–H groups in total. The molecular weight excluding hydrogens is 405 g/mol. The zero-order valence-corrected chi connectivity index (χ0v) is 15.0. The van der Waals surface area contributed by atoms with Gasteiger partial charge in [0.1, 0.15) is 22.9 Å². The lowest BCUT2D eigenvalue weighted by Crippen LogP contribution is -2.26. The zero-order valence-electron chi connectivity index (χ0n) is 14.2. The van der Waals surface area contributed by atoms with Gasteiger partial charge in [-0.25, -0.2) is 31.3 Å². The summed E-state index contributed by atoms with van der Waals surface area (Å²) in [5, 5.41) is 3.56. The average molecular weight is 417 g/mol. The summed E-state index contributed by atoms with van der Waals surface area (Å²) < 4.78 is 94.4. The first kappa shape index (κ1) is 19.9. The quantitative estimate of drug-likeness (QED) is 0.593. The average Bonchev–Trinajstić information content (AvgIpc) is 3.11. The van der Waals surface area contributed by atoms with Crippen LogP contribution in [0.2, 0.25) is 0 Å². The van der Waals surface area contributed by atoms with E-state index < -0.39 is 49.8 Å². The SMILES string of the molecule is CS(=O)(=O)c1ccc(-n2ncnc2C(F)(F)C(F)c2ccc(F)cc2)cc1F. The minimum atomic E-state index is -4.19. The van der Waals surface area contributed by atoms with Gasteiger partial charge in [0.05, 0.1) is 5.69 Å². The van der Waals surface area contributed by atoms with E-state index in [-0.39, 0.29) is 5.69 Å². The number of hydrogen-bond donors (Lipinski definition) is 0. The van der Waals surface area contributed by atoms with Crippen LogP contribution >= 0.6 is 0 Å². The third-order valence-corrected chi connectivity index (χ3v) is 5.02. The van der Waals surface area contributed by atoms with E-state index in [2.05, 4.69) is 10.1 Å². The van der Waals surface area contributed by atoms with E-state index in [0.717, 1.165) is 49.0 Å². The van der Waals surface area contributed by atoms with Crippen LogP contribution in [-0.4, -0.2) is 29.4 Å². The predicted molar refractivity (Wildman–Crippen MR) is 88.6 cm³/mol. The van der Waals surface area contributed by atoms with Gasteiger partial charge in [-0.3, -0.25) is 0 Å². The zero-order chi connectivity index (χ0) is 20.7. The standard InChI is InChI=1S/C17H12F5N3O2S/c1-28(26,27)14-7-6-12(8-13(14)19)25-16(23-9-24-25)17(21,22)15(20)10-2-4-11(18)5-3-10/h2-9,15H,1H3. The van der Waals surface area contributed by atoms with Crippen molar-refractivity contribution in [2.45, 2.75) is 17.0 Å². The molecule has 0 saturated carbocycles. The molecule has 3 aromatic rings. The first-order chi connectivity index (χ1) is 13.0. The van der Waals surface area contributed by atoms with Crippen molar-refractivity contribution < 1.29 is 30.4 Å². The second kappa shape index (κ2) is 6.97. The molecular formula is C17H12F5N3O2S. The maximum atomic E-state index is 14.7. The van der Waals surface area contributed by atoms with E-state index in [1.807, 2.05) is 0 Å².